The second kappa shape index (κ2) is 5.69. The van der Waals surface area contributed by atoms with E-state index in [1.165, 1.54) is 12.5 Å². The van der Waals surface area contributed by atoms with Gasteiger partial charge in [0, 0.05) is 36.6 Å². The van der Waals surface area contributed by atoms with Crippen molar-refractivity contribution in [2.24, 2.45) is 0 Å². The molecule has 5 rings (SSSR count). The van der Waals surface area contributed by atoms with Crippen molar-refractivity contribution in [3.63, 3.8) is 0 Å². The van der Waals surface area contributed by atoms with Gasteiger partial charge in [-0.15, -0.1) is 0 Å². The van der Waals surface area contributed by atoms with Crippen LogP contribution in [0, 0.1) is 0 Å². The van der Waals surface area contributed by atoms with Gasteiger partial charge in [0.2, 0.25) is 0 Å². The monoisotopic (exact) mass is 347 g/mol. The summed E-state index contributed by atoms with van der Waals surface area (Å²) in [5.74, 6) is 1.35. The Morgan fingerprint density at radius 3 is 2.96 bits per heavy atom. The topological polar surface area (TPSA) is 102 Å². The van der Waals surface area contributed by atoms with Crippen LogP contribution in [-0.2, 0) is 6.42 Å². The van der Waals surface area contributed by atoms with E-state index in [1.807, 2.05) is 6.07 Å². The van der Waals surface area contributed by atoms with Crippen molar-refractivity contribution in [2.75, 3.05) is 6.54 Å². The first-order chi connectivity index (χ1) is 12.8. The van der Waals surface area contributed by atoms with Crippen molar-refractivity contribution < 1.29 is 14.3 Å². The van der Waals surface area contributed by atoms with Gasteiger partial charge in [0.1, 0.15) is 12.5 Å². The molecule has 0 aromatic carbocycles. The molecule has 5 heterocycles. The molecule has 2 aliphatic heterocycles. The van der Waals surface area contributed by atoms with E-state index in [0.29, 0.717) is 40.8 Å². The number of pyridine rings is 1. The molecule has 128 valence electrons. The number of amides is 1. The number of ether oxygens (including phenoxy) is 2. The molecule has 26 heavy (non-hydrogen) atoms. The normalized spacial score (nSPS) is 14.7. The SMILES string of the molecule is O=C1NCCc2[nH]c(-c3ccnc(-c4cnc5c(c4)OC=CO5)n3)cc21. The Hall–Kier alpha value is -3.68. The van der Waals surface area contributed by atoms with Crippen molar-refractivity contribution in [2.45, 2.75) is 6.42 Å². The van der Waals surface area contributed by atoms with E-state index in [-0.39, 0.29) is 5.91 Å². The van der Waals surface area contributed by atoms with Crippen LogP contribution < -0.4 is 14.8 Å². The molecule has 0 saturated carbocycles. The van der Waals surface area contributed by atoms with Crippen molar-refractivity contribution >= 4 is 5.91 Å². The molecule has 8 heteroatoms. The minimum Gasteiger partial charge on any atom is -0.456 e. The van der Waals surface area contributed by atoms with Gasteiger partial charge in [0.05, 0.1) is 17.0 Å². The highest BCUT2D eigenvalue weighted by atomic mass is 16.5. The Morgan fingerprint density at radius 1 is 1.12 bits per heavy atom. The summed E-state index contributed by atoms with van der Waals surface area (Å²) in [6.45, 7) is 0.637. The Kier molecular flexibility index (Phi) is 3.21. The molecule has 0 atom stereocenters. The van der Waals surface area contributed by atoms with Crippen LogP contribution in [0.4, 0.5) is 0 Å². The fourth-order valence-electron chi connectivity index (χ4n) is 3.00. The fourth-order valence-corrected chi connectivity index (χ4v) is 3.00. The second-order valence-corrected chi connectivity index (χ2v) is 5.88. The standard InChI is InChI=1S/C18H13N5O3/c24-17-11-8-14(22-12(11)1-4-20-17)13-2-3-19-16(23-13)10-7-15-18(21-9-10)26-6-5-25-15/h2-3,5-9,22H,1,4H2,(H,20,24). The van der Waals surface area contributed by atoms with Crippen LogP contribution >= 0.6 is 0 Å². The lowest BCUT2D eigenvalue weighted by Crippen LogP contribution is -2.31. The maximum Gasteiger partial charge on any atom is 0.262 e. The van der Waals surface area contributed by atoms with Gasteiger partial charge in [-0.2, -0.15) is 0 Å². The molecule has 0 unspecified atom stereocenters. The van der Waals surface area contributed by atoms with Gasteiger partial charge in [-0.05, 0) is 18.2 Å². The van der Waals surface area contributed by atoms with Crippen LogP contribution in [0.1, 0.15) is 16.1 Å². The van der Waals surface area contributed by atoms with E-state index in [2.05, 4.69) is 25.3 Å². The molecular formula is C18H13N5O3. The summed E-state index contributed by atoms with van der Waals surface area (Å²) in [5.41, 5.74) is 3.78. The third kappa shape index (κ3) is 2.39. The lowest BCUT2D eigenvalue weighted by molar-refractivity contribution is 0.0946. The summed E-state index contributed by atoms with van der Waals surface area (Å²) < 4.78 is 10.7. The quantitative estimate of drug-likeness (QED) is 0.736. The van der Waals surface area contributed by atoms with E-state index in [0.717, 1.165) is 17.8 Å². The van der Waals surface area contributed by atoms with Gasteiger partial charge in [-0.3, -0.25) is 4.79 Å². The number of rotatable bonds is 2. The first-order valence-electron chi connectivity index (χ1n) is 8.10. The molecule has 0 fully saturated rings. The molecule has 2 aliphatic rings. The third-order valence-corrected chi connectivity index (χ3v) is 4.24. The van der Waals surface area contributed by atoms with Gasteiger partial charge < -0.3 is 19.8 Å². The molecule has 2 N–H and O–H groups in total. The van der Waals surface area contributed by atoms with Gasteiger partial charge in [0.15, 0.2) is 11.6 Å². The van der Waals surface area contributed by atoms with Crippen LogP contribution in [-0.4, -0.2) is 32.4 Å². The van der Waals surface area contributed by atoms with Crippen molar-refractivity contribution in [1.82, 2.24) is 25.3 Å². The highest BCUT2D eigenvalue weighted by Crippen LogP contribution is 2.32. The average Bonchev–Trinajstić information content (AvgIpc) is 3.14. The first-order valence-corrected chi connectivity index (χ1v) is 8.10. The van der Waals surface area contributed by atoms with E-state index >= 15 is 0 Å². The number of hydrogen-bond acceptors (Lipinski definition) is 6. The predicted molar refractivity (Wildman–Crippen MR) is 91.5 cm³/mol. The van der Waals surface area contributed by atoms with Crippen molar-refractivity contribution in [1.29, 1.82) is 0 Å². The summed E-state index contributed by atoms with van der Waals surface area (Å²) in [4.78, 5) is 28.4. The molecule has 1 amide bonds. The zero-order valence-corrected chi connectivity index (χ0v) is 13.5. The smallest absolute Gasteiger partial charge is 0.262 e. The average molecular weight is 347 g/mol. The lowest BCUT2D eigenvalue weighted by atomic mass is 10.1. The molecular weight excluding hydrogens is 334 g/mol. The van der Waals surface area contributed by atoms with Crippen LogP contribution in [0.3, 0.4) is 0 Å². The summed E-state index contributed by atoms with van der Waals surface area (Å²) in [6.07, 6.45) is 6.95. The summed E-state index contributed by atoms with van der Waals surface area (Å²) in [6, 6.07) is 5.40. The number of nitrogens with one attached hydrogen (secondary N) is 2. The second-order valence-electron chi connectivity index (χ2n) is 5.88. The molecule has 0 saturated heterocycles. The van der Waals surface area contributed by atoms with Gasteiger partial charge in [0.25, 0.3) is 11.8 Å². The zero-order chi connectivity index (χ0) is 17.5. The summed E-state index contributed by atoms with van der Waals surface area (Å²) in [5, 5.41) is 2.84. The van der Waals surface area contributed by atoms with E-state index in [9.17, 15) is 4.79 Å². The number of carbonyl (C=O) groups is 1. The number of hydrogen-bond donors (Lipinski definition) is 2. The number of H-pyrrole nitrogens is 1. The Balaban J connectivity index is 1.53. The van der Waals surface area contributed by atoms with E-state index in [1.54, 1.807) is 24.5 Å². The van der Waals surface area contributed by atoms with Gasteiger partial charge >= 0.3 is 0 Å². The minimum absolute atomic E-state index is 0.0629. The Morgan fingerprint density at radius 2 is 2.04 bits per heavy atom. The Bertz CT molecular complexity index is 1060. The maximum atomic E-state index is 12.0. The summed E-state index contributed by atoms with van der Waals surface area (Å²) in [7, 11) is 0. The molecule has 0 bridgehead atoms. The molecule has 0 radical (unpaired) electrons. The molecule has 0 spiro atoms. The highest BCUT2D eigenvalue weighted by Gasteiger charge is 2.21. The molecule has 8 nitrogen and oxygen atoms in total. The van der Waals surface area contributed by atoms with Crippen molar-refractivity contribution in [3.05, 3.63) is 54.4 Å². The predicted octanol–water partition coefficient (Wildman–Crippen LogP) is 2.06. The molecule has 3 aromatic rings. The van der Waals surface area contributed by atoms with E-state index in [4.69, 9.17) is 9.47 Å². The number of carbonyl (C=O) groups excluding carboxylic acids is 1. The number of aromatic nitrogens is 4. The maximum absolute atomic E-state index is 12.0. The molecule has 3 aromatic heterocycles. The highest BCUT2D eigenvalue weighted by molar-refractivity contribution is 5.97. The van der Waals surface area contributed by atoms with E-state index < -0.39 is 0 Å². The summed E-state index contributed by atoms with van der Waals surface area (Å²) >= 11 is 0. The minimum atomic E-state index is -0.0629. The third-order valence-electron chi connectivity index (χ3n) is 4.24. The van der Waals surface area contributed by atoms with Crippen LogP contribution in [0.2, 0.25) is 0 Å². The fraction of sp³-hybridized carbons (Fsp3) is 0.111. The number of fused-ring (bicyclic) bond motifs is 2. The van der Waals surface area contributed by atoms with Crippen LogP contribution in [0.25, 0.3) is 22.8 Å². The zero-order valence-electron chi connectivity index (χ0n) is 13.5. The van der Waals surface area contributed by atoms with Gasteiger partial charge in [-0.25, -0.2) is 15.0 Å². The lowest BCUT2D eigenvalue weighted by Gasteiger charge is -2.11. The van der Waals surface area contributed by atoms with Gasteiger partial charge in [-0.1, -0.05) is 0 Å². The van der Waals surface area contributed by atoms with Crippen LogP contribution in [0.15, 0.2) is 43.1 Å². The number of nitrogens with zero attached hydrogens (tertiary/aromatic N) is 3. The molecule has 0 aliphatic carbocycles. The first kappa shape index (κ1) is 14.6. The largest absolute Gasteiger partial charge is 0.456 e. The van der Waals surface area contributed by atoms with Crippen molar-refractivity contribution in [3.8, 4) is 34.4 Å². The number of aromatic amines is 1. The van der Waals surface area contributed by atoms with Crippen LogP contribution in [0.5, 0.6) is 11.6 Å². The Labute approximate surface area is 147 Å².